The molecule has 69 heavy (non-hydrogen) atoms. The number of ketones is 2. The predicted molar refractivity (Wildman–Crippen MR) is 267 cm³/mol. The molecule has 3 aliphatic rings. The Morgan fingerprint density at radius 1 is 0.623 bits per heavy atom. The Hall–Kier alpha value is -6.47. The molecule has 2 heterocycles. The number of carbonyl (C=O) groups is 3. The molecular formula is C56H59AuN5O7. The van der Waals surface area contributed by atoms with E-state index in [4.69, 9.17) is 9.47 Å². The molecule has 13 heteroatoms. The van der Waals surface area contributed by atoms with Gasteiger partial charge in [-0.1, -0.05) is 134 Å². The van der Waals surface area contributed by atoms with E-state index in [0.29, 0.717) is 29.1 Å². The standard InChI is InChI=1S/C35H38N2O2.C21H21N3O5.Au/c1-20(2)24-15-11-16-25(21(3)4)30(24)36-19-37(31-26(22(5)6)17-12-18-27(31)23(7)8)33-32(36)34(38)28-13-9-10-14-29(28)35(33)39;1-15-12-16(2)20(17(3)13-15)23-9-8-22(14-23)10-11-28-21(25)29-19-6-4-18(5-7-19)24(26)27;/h9-18,20-23H,1-8H3;4-9,12-13H,10-11H2,1-3H3;. The van der Waals surface area contributed by atoms with E-state index in [9.17, 15) is 24.5 Å². The number of benzene rings is 5. The normalized spacial score (nSPS) is 14.1. The van der Waals surface area contributed by atoms with Crippen LogP contribution in [0.1, 0.15) is 139 Å². The van der Waals surface area contributed by atoms with Gasteiger partial charge in [-0.15, -0.1) is 0 Å². The molecule has 361 valence electrons. The van der Waals surface area contributed by atoms with Crippen LogP contribution < -0.4 is 19.4 Å². The Balaban J connectivity index is 0.000000233. The maximum Gasteiger partial charge on any atom is 0.513 e. The molecule has 0 amide bonds. The van der Waals surface area contributed by atoms with Gasteiger partial charge in [-0.2, -0.15) is 0 Å². The second-order valence-electron chi connectivity index (χ2n) is 18.5. The molecule has 0 unspecified atom stereocenters. The van der Waals surface area contributed by atoms with Gasteiger partial charge in [-0.05, 0) is 90.0 Å². The second-order valence-corrected chi connectivity index (χ2v) is 18.5. The Kier molecular flexibility index (Phi) is 16.5. The van der Waals surface area contributed by atoms with Crippen molar-refractivity contribution in [1.29, 1.82) is 0 Å². The maximum absolute atomic E-state index is 14.3. The third kappa shape index (κ3) is 10.9. The summed E-state index contributed by atoms with van der Waals surface area (Å²) >= 11 is 0. The molecule has 5 aromatic rings. The van der Waals surface area contributed by atoms with Gasteiger partial charge in [0, 0.05) is 63.7 Å². The zero-order valence-electron chi connectivity index (χ0n) is 41.0. The van der Waals surface area contributed by atoms with Crippen LogP contribution in [0.15, 0.2) is 121 Å². The van der Waals surface area contributed by atoms with Crippen LogP contribution in [0, 0.1) is 44.2 Å². The third-order valence-electron chi connectivity index (χ3n) is 12.2. The molecule has 12 nitrogen and oxygen atoms in total. The number of para-hydroxylation sites is 2. The van der Waals surface area contributed by atoms with Gasteiger partial charge in [0.05, 0.1) is 22.8 Å². The largest absolute Gasteiger partial charge is 0.513 e. The number of carbonyl (C=O) groups excluding carboxylic acids is 3. The third-order valence-corrected chi connectivity index (χ3v) is 12.2. The fourth-order valence-corrected chi connectivity index (χ4v) is 8.97. The van der Waals surface area contributed by atoms with E-state index in [1.54, 1.807) is 17.0 Å². The molecule has 5 aromatic carbocycles. The van der Waals surface area contributed by atoms with Crippen molar-refractivity contribution in [1.82, 2.24) is 4.90 Å². The summed E-state index contributed by atoms with van der Waals surface area (Å²) in [5.41, 5.74) is 12.6. The molecule has 0 N–H and O–H groups in total. The van der Waals surface area contributed by atoms with Crippen molar-refractivity contribution in [3.8, 4) is 5.75 Å². The first-order valence-corrected chi connectivity index (χ1v) is 23.1. The number of rotatable bonds is 12. The Labute approximate surface area is 422 Å². The van der Waals surface area contributed by atoms with Crippen molar-refractivity contribution in [2.45, 2.75) is 99.8 Å². The van der Waals surface area contributed by atoms with E-state index < -0.39 is 11.1 Å². The van der Waals surface area contributed by atoms with Crippen molar-refractivity contribution in [2.75, 3.05) is 27.9 Å². The number of Topliss-reactive ketones (excluding diaryl/α,β-unsaturated/α-hetero) is 2. The van der Waals surface area contributed by atoms with E-state index in [0.717, 1.165) is 50.4 Å². The SMILES string of the molecule is CC(C)c1cccc(C(C)C)c1N1[C]N(c2c(C(C)C)cccc2C(C)C)C2=C1C(=O)c1ccccc1C2=O.Cc1cc(C)c(N2[C]N(CCOC(=O)Oc3ccc([N+](=O)[O-])cc3)C=C2)c(C)c1.[Au]. The van der Waals surface area contributed by atoms with Crippen molar-refractivity contribution >= 4 is 40.5 Å². The van der Waals surface area contributed by atoms with Gasteiger partial charge in [0.1, 0.15) is 23.8 Å². The number of allylic oxidation sites excluding steroid dienone is 2. The second kappa shape index (κ2) is 21.9. The molecule has 0 bridgehead atoms. The smallest absolute Gasteiger partial charge is 0.432 e. The molecule has 0 atom stereocenters. The molecule has 2 aliphatic heterocycles. The van der Waals surface area contributed by atoms with Crippen LogP contribution in [0.4, 0.5) is 27.5 Å². The summed E-state index contributed by atoms with van der Waals surface area (Å²) in [5.74, 6) is 0.761. The average molecular weight is 1110 g/mol. The van der Waals surface area contributed by atoms with Gasteiger partial charge in [-0.3, -0.25) is 19.7 Å². The number of aryl methyl sites for hydroxylation is 3. The molecule has 0 saturated carbocycles. The van der Waals surface area contributed by atoms with Crippen LogP contribution in [0.3, 0.4) is 0 Å². The van der Waals surface area contributed by atoms with Crippen molar-refractivity contribution in [3.05, 3.63) is 194 Å². The summed E-state index contributed by atoms with van der Waals surface area (Å²) in [6.07, 6.45) is 2.88. The zero-order valence-corrected chi connectivity index (χ0v) is 43.2. The first-order valence-electron chi connectivity index (χ1n) is 23.1. The first-order chi connectivity index (χ1) is 32.4. The number of hydrogen-bond donors (Lipinski definition) is 0. The minimum absolute atomic E-state index is 0. The summed E-state index contributed by atoms with van der Waals surface area (Å²) in [4.78, 5) is 57.9. The van der Waals surface area contributed by atoms with Crippen LogP contribution >= 0.6 is 0 Å². The Morgan fingerprint density at radius 3 is 1.49 bits per heavy atom. The maximum atomic E-state index is 14.3. The number of anilines is 3. The average Bonchev–Trinajstić information content (AvgIpc) is 3.93. The van der Waals surface area contributed by atoms with Crippen LogP contribution in [0.2, 0.25) is 0 Å². The molecular weight excluding hydrogens is 1050 g/mol. The van der Waals surface area contributed by atoms with E-state index in [-0.39, 0.29) is 75.7 Å². The van der Waals surface area contributed by atoms with E-state index in [2.05, 4.69) is 138 Å². The molecule has 0 spiro atoms. The van der Waals surface area contributed by atoms with Crippen LogP contribution in [0.5, 0.6) is 5.75 Å². The van der Waals surface area contributed by atoms with Gasteiger partial charge in [-0.25, -0.2) is 4.79 Å². The summed E-state index contributed by atoms with van der Waals surface area (Å²) in [6.45, 7) is 30.8. The fraction of sp³-hybridized carbons (Fsp3) is 0.304. The van der Waals surface area contributed by atoms with Crippen molar-refractivity contribution < 1.29 is 51.2 Å². The van der Waals surface area contributed by atoms with Gasteiger partial charge >= 0.3 is 6.16 Å². The number of fused-ring (bicyclic) bond motifs is 1. The minimum atomic E-state index is -0.871. The van der Waals surface area contributed by atoms with Crippen molar-refractivity contribution in [3.63, 3.8) is 0 Å². The summed E-state index contributed by atoms with van der Waals surface area (Å²) in [7, 11) is 0. The van der Waals surface area contributed by atoms with Crippen LogP contribution in [0.25, 0.3) is 0 Å². The molecule has 0 saturated heterocycles. The van der Waals surface area contributed by atoms with Crippen LogP contribution in [-0.2, 0) is 27.1 Å². The molecule has 1 aliphatic carbocycles. The summed E-state index contributed by atoms with van der Waals surface area (Å²) in [5, 5.41) is 10.6. The number of nitro groups is 1. The van der Waals surface area contributed by atoms with Gasteiger partial charge < -0.3 is 29.1 Å². The monoisotopic (exact) mass is 1110 g/mol. The Morgan fingerprint density at radius 2 is 1.07 bits per heavy atom. The predicted octanol–water partition coefficient (Wildman–Crippen LogP) is 13.1. The van der Waals surface area contributed by atoms with Crippen molar-refractivity contribution in [2.24, 2.45) is 0 Å². The number of non-ortho nitro benzene ring substituents is 1. The topological polar surface area (TPSA) is 126 Å². The number of nitrogens with zero attached hydrogens (tertiary/aromatic N) is 5. The number of hydrogen-bond acceptors (Lipinski definition) is 11. The van der Waals surface area contributed by atoms with E-state index in [1.807, 2.05) is 39.2 Å². The van der Waals surface area contributed by atoms with E-state index in [1.165, 1.54) is 29.8 Å². The van der Waals surface area contributed by atoms with Gasteiger partial charge in [0.15, 0.2) is 0 Å². The molecule has 0 aromatic heterocycles. The quantitative estimate of drug-likeness (QED) is 0.0390. The van der Waals surface area contributed by atoms with Gasteiger partial charge in [0.25, 0.3) is 5.69 Å². The van der Waals surface area contributed by atoms with E-state index >= 15 is 0 Å². The molecule has 5 radical (unpaired) electrons. The summed E-state index contributed by atoms with van der Waals surface area (Å²) < 4.78 is 10.1. The van der Waals surface area contributed by atoms with Crippen LogP contribution in [-0.4, -0.2) is 40.7 Å². The minimum Gasteiger partial charge on any atom is -0.432 e. The first kappa shape index (κ1) is 51.9. The fourth-order valence-electron chi connectivity index (χ4n) is 8.97. The molecule has 0 fully saturated rings. The number of ether oxygens (including phenoxy) is 2. The Bertz CT molecular complexity index is 2630. The summed E-state index contributed by atoms with van der Waals surface area (Å²) in [6, 6.07) is 29.3. The zero-order chi connectivity index (χ0) is 49.1. The van der Waals surface area contributed by atoms with Gasteiger partial charge in [0.2, 0.25) is 24.9 Å². The molecule has 8 rings (SSSR count). The number of nitro benzene ring substituents is 1.